The van der Waals surface area contributed by atoms with Crippen LogP contribution in [0.4, 0.5) is 21.0 Å². The molecule has 7 nitrogen and oxygen atoms in total. The van der Waals surface area contributed by atoms with E-state index in [0.717, 1.165) is 54.0 Å². The van der Waals surface area contributed by atoms with Crippen LogP contribution in [-0.2, 0) is 11.2 Å². The van der Waals surface area contributed by atoms with Crippen molar-refractivity contribution in [3.8, 4) is 0 Å². The van der Waals surface area contributed by atoms with Gasteiger partial charge >= 0.3 is 0 Å². The summed E-state index contributed by atoms with van der Waals surface area (Å²) in [6, 6.07) is 11.8. The lowest BCUT2D eigenvalue weighted by atomic mass is 9.94. The van der Waals surface area contributed by atoms with Gasteiger partial charge in [0.25, 0.3) is 0 Å². The molecule has 0 bridgehead atoms. The molecular weight excluding hydrogens is 415 g/mol. The number of piperidine rings is 1. The third kappa shape index (κ3) is 5.83. The first kappa shape index (κ1) is 21.3. The molecule has 4 rings (SSSR count). The van der Waals surface area contributed by atoms with Crippen LogP contribution in [0.2, 0.25) is 0 Å². The fourth-order valence-electron chi connectivity index (χ4n) is 3.68. The molecule has 31 heavy (non-hydrogen) atoms. The second-order valence-corrected chi connectivity index (χ2v) is 8.62. The number of halogens is 1. The highest BCUT2D eigenvalue weighted by atomic mass is 32.1. The number of nitrogens with one attached hydrogen (secondary N) is 2. The zero-order valence-electron chi connectivity index (χ0n) is 17.3. The van der Waals surface area contributed by atoms with Gasteiger partial charge in [-0.2, -0.15) is 0 Å². The average Bonchev–Trinajstić information content (AvgIpc) is 3.23. The molecule has 9 heteroatoms. The Labute approximate surface area is 184 Å². The smallest absolute Gasteiger partial charge is 0.238 e. The van der Waals surface area contributed by atoms with Crippen molar-refractivity contribution in [1.82, 2.24) is 20.1 Å². The number of benzene rings is 1. The first-order valence-electron chi connectivity index (χ1n) is 10.4. The van der Waals surface area contributed by atoms with Crippen molar-refractivity contribution < 1.29 is 9.18 Å². The van der Waals surface area contributed by atoms with Crippen LogP contribution in [0.25, 0.3) is 0 Å². The highest BCUT2D eigenvalue weighted by Crippen LogP contribution is 2.27. The third-order valence-corrected chi connectivity index (χ3v) is 6.18. The van der Waals surface area contributed by atoms with E-state index in [1.807, 2.05) is 18.2 Å². The van der Waals surface area contributed by atoms with E-state index < -0.39 is 0 Å². The van der Waals surface area contributed by atoms with Gasteiger partial charge in [-0.15, -0.1) is 10.2 Å². The summed E-state index contributed by atoms with van der Waals surface area (Å²) in [6.07, 6.45) is 2.90. The van der Waals surface area contributed by atoms with Crippen molar-refractivity contribution in [3.05, 3.63) is 59.0 Å². The minimum absolute atomic E-state index is 0.0985. The first-order chi connectivity index (χ1) is 15.1. The van der Waals surface area contributed by atoms with E-state index in [4.69, 9.17) is 4.98 Å². The Balaban J connectivity index is 1.35. The van der Waals surface area contributed by atoms with E-state index in [-0.39, 0.29) is 17.6 Å². The summed E-state index contributed by atoms with van der Waals surface area (Å²) < 4.78 is 13.0. The van der Waals surface area contributed by atoms with Gasteiger partial charge in [0, 0.05) is 23.8 Å². The van der Waals surface area contributed by atoms with Crippen molar-refractivity contribution in [2.45, 2.75) is 32.1 Å². The van der Waals surface area contributed by atoms with Gasteiger partial charge in [0.15, 0.2) is 0 Å². The lowest BCUT2D eigenvalue weighted by Crippen LogP contribution is -2.40. The summed E-state index contributed by atoms with van der Waals surface area (Å²) in [5.41, 5.74) is 1.61. The number of hydrogen-bond donors (Lipinski definition) is 2. The summed E-state index contributed by atoms with van der Waals surface area (Å²) in [5, 5.41) is 16.1. The topological polar surface area (TPSA) is 83.0 Å². The minimum atomic E-state index is -0.321. The zero-order valence-corrected chi connectivity index (χ0v) is 18.2. The number of aryl methyl sites for hydroxylation is 1. The maximum Gasteiger partial charge on any atom is 0.238 e. The number of carbonyl (C=O) groups excluding carboxylic acids is 1. The van der Waals surface area contributed by atoms with Crippen LogP contribution in [0.3, 0.4) is 0 Å². The van der Waals surface area contributed by atoms with Crippen molar-refractivity contribution in [1.29, 1.82) is 0 Å². The van der Waals surface area contributed by atoms with Crippen molar-refractivity contribution >= 4 is 33.9 Å². The lowest BCUT2D eigenvalue weighted by Gasteiger charge is -2.32. The highest BCUT2D eigenvalue weighted by molar-refractivity contribution is 7.15. The number of aromatic nitrogens is 3. The third-order valence-electron chi connectivity index (χ3n) is 5.19. The Kier molecular flexibility index (Phi) is 6.83. The average molecular weight is 441 g/mol. The van der Waals surface area contributed by atoms with Crippen molar-refractivity contribution in [3.63, 3.8) is 0 Å². The molecule has 1 aromatic carbocycles. The number of pyridine rings is 1. The van der Waals surface area contributed by atoms with Gasteiger partial charge in [-0.3, -0.25) is 9.69 Å². The molecule has 3 aromatic rings. The maximum absolute atomic E-state index is 13.0. The molecule has 0 radical (unpaired) electrons. The SMILES string of the molecule is CCc1nnc(Nc2cccc([C@H]3CCCN(CC(=O)Nc4ccc(F)cc4)C3)n2)s1. The van der Waals surface area contributed by atoms with Crippen LogP contribution in [0.5, 0.6) is 0 Å². The van der Waals surface area contributed by atoms with E-state index in [0.29, 0.717) is 12.2 Å². The largest absolute Gasteiger partial charge is 0.325 e. The minimum Gasteiger partial charge on any atom is -0.325 e. The molecule has 0 unspecified atom stereocenters. The Bertz CT molecular complexity index is 1020. The second-order valence-electron chi connectivity index (χ2n) is 7.56. The van der Waals surface area contributed by atoms with Gasteiger partial charge in [0.05, 0.1) is 6.54 Å². The Morgan fingerprint density at radius 3 is 2.84 bits per heavy atom. The summed E-state index contributed by atoms with van der Waals surface area (Å²) in [6.45, 7) is 4.00. The fraction of sp³-hybridized carbons (Fsp3) is 0.364. The van der Waals surface area contributed by atoms with Gasteiger partial charge in [-0.25, -0.2) is 9.37 Å². The van der Waals surface area contributed by atoms with Gasteiger partial charge in [0.2, 0.25) is 11.0 Å². The predicted molar refractivity (Wildman–Crippen MR) is 120 cm³/mol. The quantitative estimate of drug-likeness (QED) is 0.573. The molecular formula is C22H25FN6OS. The molecule has 2 aromatic heterocycles. The molecule has 0 saturated carbocycles. The van der Waals surface area contributed by atoms with E-state index in [1.54, 1.807) is 12.1 Å². The van der Waals surface area contributed by atoms with Gasteiger partial charge in [-0.05, 0) is 62.2 Å². The molecule has 0 spiro atoms. The second kappa shape index (κ2) is 9.93. The van der Waals surface area contributed by atoms with E-state index in [9.17, 15) is 9.18 Å². The molecule has 2 N–H and O–H groups in total. The zero-order chi connectivity index (χ0) is 21.6. The van der Waals surface area contributed by atoms with Gasteiger partial charge in [0.1, 0.15) is 16.6 Å². The maximum atomic E-state index is 13.0. The molecule has 162 valence electrons. The van der Waals surface area contributed by atoms with Gasteiger partial charge in [-0.1, -0.05) is 24.3 Å². The Morgan fingerprint density at radius 2 is 2.06 bits per heavy atom. The first-order valence-corrected chi connectivity index (χ1v) is 11.2. The molecule has 1 atom stereocenters. The van der Waals surface area contributed by atoms with Gasteiger partial charge < -0.3 is 10.6 Å². The van der Waals surface area contributed by atoms with Crippen LogP contribution in [0, 0.1) is 5.82 Å². The molecule has 0 aliphatic carbocycles. The molecule has 1 fully saturated rings. The Hall–Kier alpha value is -2.91. The van der Waals surface area contributed by atoms with E-state index >= 15 is 0 Å². The Morgan fingerprint density at radius 1 is 1.23 bits per heavy atom. The highest BCUT2D eigenvalue weighted by Gasteiger charge is 2.24. The number of rotatable bonds is 7. The normalized spacial score (nSPS) is 16.8. The predicted octanol–water partition coefficient (Wildman–Crippen LogP) is 4.20. The molecule has 3 heterocycles. The number of nitrogens with zero attached hydrogens (tertiary/aromatic N) is 4. The van der Waals surface area contributed by atoms with Crippen LogP contribution in [0.15, 0.2) is 42.5 Å². The number of anilines is 3. The number of likely N-dealkylation sites (tertiary alicyclic amines) is 1. The monoisotopic (exact) mass is 440 g/mol. The molecule has 1 aliphatic rings. The van der Waals surface area contributed by atoms with Crippen LogP contribution in [-0.4, -0.2) is 45.6 Å². The summed E-state index contributed by atoms with van der Waals surface area (Å²) in [4.78, 5) is 19.3. The molecule has 1 aliphatic heterocycles. The fourth-order valence-corrected chi connectivity index (χ4v) is 4.37. The van der Waals surface area contributed by atoms with Crippen molar-refractivity contribution in [2.24, 2.45) is 0 Å². The van der Waals surface area contributed by atoms with Crippen molar-refractivity contribution in [2.75, 3.05) is 30.3 Å². The van der Waals surface area contributed by atoms with Crippen LogP contribution in [0.1, 0.15) is 36.4 Å². The summed E-state index contributed by atoms with van der Waals surface area (Å²) >= 11 is 1.53. The number of amides is 1. The van der Waals surface area contributed by atoms with E-state index in [1.165, 1.54) is 23.5 Å². The number of carbonyl (C=O) groups is 1. The van der Waals surface area contributed by atoms with E-state index in [2.05, 4.69) is 32.7 Å². The summed E-state index contributed by atoms with van der Waals surface area (Å²) in [5.74, 6) is 0.592. The number of hydrogen-bond acceptors (Lipinski definition) is 7. The molecule has 1 amide bonds. The van der Waals surface area contributed by atoms with Crippen LogP contribution < -0.4 is 10.6 Å². The molecule has 1 saturated heterocycles. The summed E-state index contributed by atoms with van der Waals surface area (Å²) in [7, 11) is 0. The lowest BCUT2D eigenvalue weighted by molar-refractivity contribution is -0.117. The van der Waals surface area contributed by atoms with Crippen LogP contribution >= 0.6 is 11.3 Å². The standard InChI is InChI=1S/C22H25FN6OS/c1-2-21-27-28-22(31-21)26-19-7-3-6-18(25-19)15-5-4-12-29(13-15)14-20(30)24-17-10-8-16(23)9-11-17/h3,6-11,15H,2,4-5,12-14H2,1H3,(H,24,30)(H,25,26,28)/t15-/m0/s1.